The molecule has 0 aliphatic rings. The van der Waals surface area contributed by atoms with Crippen molar-refractivity contribution < 1.29 is 39.5 Å². The third kappa shape index (κ3) is 2.75. The summed E-state index contributed by atoms with van der Waals surface area (Å²) in [5.41, 5.74) is 0.0255. The number of carbonyl (C=O) groups excluding carboxylic acids is 1. The van der Waals surface area contributed by atoms with Crippen LogP contribution in [-0.4, -0.2) is 11.0 Å². The Hall–Kier alpha value is -0.160. The van der Waals surface area contributed by atoms with Gasteiger partial charge in [0.25, 0.3) is 0 Å². The Balaban J connectivity index is 0.000001000. The van der Waals surface area contributed by atoms with Crippen molar-refractivity contribution >= 4 is 18.2 Å². The zero-order valence-electron chi connectivity index (χ0n) is 5.96. The summed E-state index contributed by atoms with van der Waals surface area (Å²) < 4.78 is 0.197. The fourth-order valence-electron chi connectivity index (χ4n) is 0.582. The van der Waals surface area contributed by atoms with Gasteiger partial charge >= 0.3 is 29.6 Å². The van der Waals surface area contributed by atoms with Gasteiger partial charge in [0.15, 0.2) is 0 Å². The molecule has 5 heteroatoms. The van der Waals surface area contributed by atoms with Crippen molar-refractivity contribution in [3.05, 3.63) is 28.5 Å². The number of carboxylic acids is 1. The summed E-state index contributed by atoms with van der Waals surface area (Å²) in [6.45, 7) is 0. The molecule has 1 heterocycles. The monoisotopic (exact) mass is 177 g/mol. The first-order valence-corrected chi connectivity index (χ1v) is 3.01. The molecular weight excluding hydrogens is 173 g/mol. The van der Waals surface area contributed by atoms with Crippen LogP contribution < -0.4 is 34.7 Å². The summed E-state index contributed by atoms with van der Waals surface area (Å²) in [6.07, 6.45) is 1.56. The molecule has 1 aromatic rings. The van der Waals surface area contributed by atoms with Gasteiger partial charge in [0.2, 0.25) is 0 Å². The number of H-pyrrole nitrogens is 1. The molecule has 1 aromatic heterocycles. The number of aromatic amines is 1. The van der Waals surface area contributed by atoms with Crippen LogP contribution in [0.25, 0.3) is 0 Å². The van der Waals surface area contributed by atoms with Crippen LogP contribution in [0, 0.1) is 4.64 Å². The van der Waals surface area contributed by atoms with Crippen LogP contribution >= 0.6 is 12.2 Å². The first-order valence-electron chi connectivity index (χ1n) is 2.61. The van der Waals surface area contributed by atoms with Gasteiger partial charge in [0, 0.05) is 11.8 Å². The largest absolute Gasteiger partial charge is 1.00 e. The second-order valence-corrected chi connectivity index (χ2v) is 2.11. The molecule has 0 unspecified atom stereocenters. The number of aromatic carboxylic acids is 1. The minimum absolute atomic E-state index is 0. The first-order chi connectivity index (χ1) is 4.72. The van der Waals surface area contributed by atoms with Gasteiger partial charge in [-0.15, -0.1) is 0 Å². The minimum atomic E-state index is -1.25. The van der Waals surface area contributed by atoms with E-state index in [1.165, 1.54) is 6.07 Å². The Bertz CT molecular complexity index is 309. The number of pyridine rings is 1. The number of rotatable bonds is 1. The van der Waals surface area contributed by atoms with E-state index in [4.69, 9.17) is 0 Å². The zero-order chi connectivity index (χ0) is 7.56. The Morgan fingerprint density at radius 3 is 2.64 bits per heavy atom. The Morgan fingerprint density at radius 2 is 2.27 bits per heavy atom. The molecule has 52 valence electrons. The molecule has 1 N–H and O–H groups in total. The van der Waals surface area contributed by atoms with E-state index in [9.17, 15) is 9.90 Å². The predicted molar refractivity (Wildman–Crippen MR) is 36.0 cm³/mol. The number of carbonyl (C=O) groups is 1. The van der Waals surface area contributed by atoms with Crippen molar-refractivity contribution in [2.24, 2.45) is 0 Å². The second-order valence-electron chi connectivity index (χ2n) is 1.70. The minimum Gasteiger partial charge on any atom is -0.545 e. The SMILES string of the molecule is O=C([O-])c1ccc[nH]c1=S.[Na+]. The number of nitrogens with one attached hydrogen (secondary N) is 1. The molecule has 0 spiro atoms. The van der Waals surface area contributed by atoms with Crippen molar-refractivity contribution in [1.29, 1.82) is 0 Å². The molecule has 0 atom stereocenters. The van der Waals surface area contributed by atoms with Crippen LogP contribution in [0.5, 0.6) is 0 Å². The van der Waals surface area contributed by atoms with Crippen LogP contribution in [0.15, 0.2) is 18.3 Å². The van der Waals surface area contributed by atoms with Gasteiger partial charge in [-0.3, -0.25) is 0 Å². The van der Waals surface area contributed by atoms with E-state index < -0.39 is 5.97 Å². The number of aromatic nitrogens is 1. The molecule has 0 saturated heterocycles. The normalized spacial score (nSPS) is 8.36. The maximum absolute atomic E-state index is 10.2. The Labute approximate surface area is 90.7 Å². The van der Waals surface area contributed by atoms with Crippen LogP contribution in [0.2, 0.25) is 0 Å². The molecular formula is C6H4NNaO2S. The van der Waals surface area contributed by atoms with Crippen LogP contribution in [0.1, 0.15) is 10.4 Å². The van der Waals surface area contributed by atoms with E-state index in [1.54, 1.807) is 12.3 Å². The van der Waals surface area contributed by atoms with E-state index >= 15 is 0 Å². The van der Waals surface area contributed by atoms with Gasteiger partial charge in [-0.25, -0.2) is 0 Å². The van der Waals surface area contributed by atoms with Crippen LogP contribution in [0.3, 0.4) is 0 Å². The third-order valence-corrected chi connectivity index (χ3v) is 1.38. The molecule has 0 radical (unpaired) electrons. The molecule has 0 amide bonds. The van der Waals surface area contributed by atoms with Gasteiger partial charge in [0.05, 0.1) is 5.97 Å². The maximum atomic E-state index is 10.2. The zero-order valence-corrected chi connectivity index (χ0v) is 8.77. The number of carboxylic acid groups (broad SMARTS) is 1. The van der Waals surface area contributed by atoms with Crippen LogP contribution in [-0.2, 0) is 0 Å². The molecule has 0 aliphatic heterocycles. The summed E-state index contributed by atoms with van der Waals surface area (Å²) >= 11 is 4.65. The summed E-state index contributed by atoms with van der Waals surface area (Å²) in [7, 11) is 0. The Kier molecular flexibility index (Phi) is 4.60. The van der Waals surface area contributed by atoms with Gasteiger partial charge in [-0.1, -0.05) is 12.2 Å². The summed E-state index contributed by atoms with van der Waals surface area (Å²) in [5.74, 6) is -1.25. The number of hydrogen-bond acceptors (Lipinski definition) is 3. The summed E-state index contributed by atoms with van der Waals surface area (Å²) in [4.78, 5) is 12.8. The molecule has 0 aromatic carbocycles. The first kappa shape index (κ1) is 10.8. The van der Waals surface area contributed by atoms with E-state index in [0.717, 1.165) is 0 Å². The molecule has 0 fully saturated rings. The van der Waals surface area contributed by atoms with E-state index in [0.29, 0.717) is 0 Å². The van der Waals surface area contributed by atoms with Crippen molar-refractivity contribution in [2.45, 2.75) is 0 Å². The summed E-state index contributed by atoms with van der Waals surface area (Å²) in [6, 6.07) is 2.95. The fourth-order valence-corrected chi connectivity index (χ4v) is 0.802. The van der Waals surface area contributed by atoms with Gasteiger partial charge in [-0.2, -0.15) is 0 Å². The average molecular weight is 177 g/mol. The van der Waals surface area contributed by atoms with Crippen molar-refractivity contribution in [2.75, 3.05) is 0 Å². The topological polar surface area (TPSA) is 55.9 Å². The second kappa shape index (κ2) is 4.66. The van der Waals surface area contributed by atoms with E-state index in [-0.39, 0.29) is 39.8 Å². The standard InChI is InChI=1S/C6H5NO2S.Na/c8-6(9)4-2-1-3-7-5(4)10;/h1-3H,(H,7,10)(H,8,9);/q;+1/p-1. The smallest absolute Gasteiger partial charge is 0.545 e. The fraction of sp³-hybridized carbons (Fsp3) is 0. The van der Waals surface area contributed by atoms with E-state index in [1.807, 2.05) is 0 Å². The third-order valence-electron chi connectivity index (χ3n) is 1.04. The molecule has 3 nitrogen and oxygen atoms in total. The number of hydrogen-bond donors (Lipinski definition) is 1. The van der Waals surface area contributed by atoms with Gasteiger partial charge < -0.3 is 14.9 Å². The summed E-state index contributed by atoms with van der Waals surface area (Å²) in [5, 5.41) is 10.2. The molecule has 1 rings (SSSR count). The van der Waals surface area contributed by atoms with Gasteiger partial charge in [-0.05, 0) is 12.1 Å². The van der Waals surface area contributed by atoms with Crippen LogP contribution in [0.4, 0.5) is 0 Å². The average Bonchev–Trinajstić information content (AvgIpc) is 1.88. The van der Waals surface area contributed by atoms with E-state index in [2.05, 4.69) is 17.2 Å². The van der Waals surface area contributed by atoms with Gasteiger partial charge in [0.1, 0.15) is 4.64 Å². The maximum Gasteiger partial charge on any atom is 1.00 e. The Morgan fingerprint density at radius 1 is 1.64 bits per heavy atom. The molecule has 0 aliphatic carbocycles. The van der Waals surface area contributed by atoms with Crippen molar-refractivity contribution in [3.63, 3.8) is 0 Å². The molecule has 0 bridgehead atoms. The molecule has 0 saturated carbocycles. The van der Waals surface area contributed by atoms with Crippen molar-refractivity contribution in [3.8, 4) is 0 Å². The molecule has 11 heavy (non-hydrogen) atoms. The van der Waals surface area contributed by atoms with Crippen molar-refractivity contribution in [1.82, 2.24) is 4.98 Å². The quantitative estimate of drug-likeness (QED) is 0.370. The predicted octanol–water partition coefficient (Wildman–Crippen LogP) is -2.89.